The molecule has 5 rings (SSSR count). The van der Waals surface area contributed by atoms with Gasteiger partial charge in [0.15, 0.2) is 15.7 Å². The van der Waals surface area contributed by atoms with Gasteiger partial charge in [-0.2, -0.15) is 0 Å². The number of hydrogen-bond donors (Lipinski definition) is 1. The van der Waals surface area contributed by atoms with Crippen LogP contribution < -0.4 is 5.32 Å². The summed E-state index contributed by atoms with van der Waals surface area (Å²) >= 11 is 0. The molecule has 2 aliphatic rings. The molecule has 7 nitrogen and oxygen atoms in total. The van der Waals surface area contributed by atoms with E-state index in [0.29, 0.717) is 30.0 Å². The minimum Gasteiger partial charge on any atom is -0.385 e. The predicted octanol–water partition coefficient (Wildman–Crippen LogP) is 4.12. The highest BCUT2D eigenvalue weighted by molar-refractivity contribution is 7.90. The molecule has 1 aromatic heterocycles. The topological polar surface area (TPSA) is 76.5 Å². The summed E-state index contributed by atoms with van der Waals surface area (Å²) in [6, 6.07) is 11.5. The summed E-state index contributed by atoms with van der Waals surface area (Å²) in [5.74, 6) is 0.520. The van der Waals surface area contributed by atoms with Gasteiger partial charge in [-0.15, -0.1) is 0 Å². The van der Waals surface area contributed by atoms with Crippen LogP contribution in [0.2, 0.25) is 0 Å². The van der Waals surface area contributed by atoms with E-state index >= 15 is 4.39 Å². The third-order valence-electron chi connectivity index (χ3n) is 8.20. The van der Waals surface area contributed by atoms with E-state index in [9.17, 15) is 8.42 Å². The van der Waals surface area contributed by atoms with E-state index < -0.39 is 9.84 Å². The minimum atomic E-state index is -3.28. The van der Waals surface area contributed by atoms with E-state index in [1.165, 1.54) is 6.26 Å². The molecule has 0 saturated carbocycles. The summed E-state index contributed by atoms with van der Waals surface area (Å²) in [5.41, 5.74) is 2.60. The van der Waals surface area contributed by atoms with Crippen LogP contribution in [-0.2, 0) is 21.6 Å². The Bertz CT molecular complexity index is 1350. The number of sulfone groups is 1. The van der Waals surface area contributed by atoms with E-state index in [1.54, 1.807) is 31.4 Å². The number of nitrogens with one attached hydrogen (secondary N) is 1. The molecule has 2 atom stereocenters. The summed E-state index contributed by atoms with van der Waals surface area (Å²) in [6.07, 6.45) is 6.32. The molecular formula is C28H37FN4O3S. The van der Waals surface area contributed by atoms with Gasteiger partial charge in [-0.05, 0) is 93.6 Å². The fraction of sp³-hybridized carbons (Fsp3) is 0.536. The number of imidazole rings is 1. The summed E-state index contributed by atoms with van der Waals surface area (Å²) < 4.78 is 47.0. The largest absolute Gasteiger partial charge is 0.385 e. The van der Waals surface area contributed by atoms with Crippen LogP contribution in [0.15, 0.2) is 41.3 Å². The van der Waals surface area contributed by atoms with Crippen molar-refractivity contribution >= 4 is 20.9 Å². The molecule has 0 amide bonds. The Morgan fingerprint density at radius 2 is 1.84 bits per heavy atom. The SMILES string of the molecule is COCC[C@H]1CC(c2ccc3c(nc(-c4ccc(S(C)(=O)=O)cc4)n3C)c2F)CCN1C1CCNCC1. The molecule has 1 N–H and O–H groups in total. The highest BCUT2D eigenvalue weighted by Crippen LogP contribution is 2.38. The van der Waals surface area contributed by atoms with Crippen molar-refractivity contribution in [1.82, 2.24) is 19.8 Å². The van der Waals surface area contributed by atoms with Gasteiger partial charge >= 0.3 is 0 Å². The van der Waals surface area contributed by atoms with Crippen LogP contribution in [0.3, 0.4) is 0 Å². The van der Waals surface area contributed by atoms with Crippen LogP contribution in [0.25, 0.3) is 22.4 Å². The average Bonchev–Trinajstić information content (AvgIpc) is 3.25. The van der Waals surface area contributed by atoms with Gasteiger partial charge in [0.25, 0.3) is 0 Å². The molecule has 3 heterocycles. The van der Waals surface area contributed by atoms with Crippen molar-refractivity contribution in [3.8, 4) is 11.4 Å². The molecule has 0 radical (unpaired) electrons. The molecule has 2 aromatic carbocycles. The van der Waals surface area contributed by atoms with E-state index in [4.69, 9.17) is 4.74 Å². The minimum absolute atomic E-state index is 0.142. The van der Waals surface area contributed by atoms with Gasteiger partial charge in [0.05, 0.1) is 10.4 Å². The zero-order chi connectivity index (χ0) is 26.2. The summed E-state index contributed by atoms with van der Waals surface area (Å²) in [4.78, 5) is 7.60. The van der Waals surface area contributed by atoms with Crippen molar-refractivity contribution in [1.29, 1.82) is 0 Å². The lowest BCUT2D eigenvalue weighted by Gasteiger charge is -2.45. The first kappa shape index (κ1) is 26.3. The molecule has 0 spiro atoms. The number of nitrogens with zero attached hydrogens (tertiary/aromatic N) is 3. The molecule has 2 aliphatic heterocycles. The molecule has 9 heteroatoms. The number of aryl methyl sites for hydroxylation is 1. The number of halogens is 1. The van der Waals surface area contributed by atoms with Crippen molar-refractivity contribution in [2.45, 2.75) is 55.0 Å². The van der Waals surface area contributed by atoms with Crippen LogP contribution in [0, 0.1) is 5.82 Å². The average molecular weight is 529 g/mol. The molecule has 2 fully saturated rings. The highest BCUT2D eigenvalue weighted by Gasteiger charge is 2.35. The Labute approximate surface area is 218 Å². The lowest BCUT2D eigenvalue weighted by Crippen LogP contribution is -2.51. The van der Waals surface area contributed by atoms with Gasteiger partial charge in [0.1, 0.15) is 11.3 Å². The van der Waals surface area contributed by atoms with Gasteiger partial charge in [-0.25, -0.2) is 17.8 Å². The number of piperidine rings is 2. The smallest absolute Gasteiger partial charge is 0.175 e. The number of methoxy groups -OCH3 is 1. The second-order valence-corrected chi connectivity index (χ2v) is 12.5. The van der Waals surface area contributed by atoms with Crippen molar-refractivity contribution < 1.29 is 17.5 Å². The monoisotopic (exact) mass is 528 g/mol. The van der Waals surface area contributed by atoms with Crippen molar-refractivity contribution in [2.75, 3.05) is 39.6 Å². The van der Waals surface area contributed by atoms with Crippen LogP contribution >= 0.6 is 0 Å². The molecule has 200 valence electrons. The van der Waals surface area contributed by atoms with Crippen LogP contribution in [0.5, 0.6) is 0 Å². The van der Waals surface area contributed by atoms with Crippen molar-refractivity contribution in [2.24, 2.45) is 7.05 Å². The van der Waals surface area contributed by atoms with Crippen molar-refractivity contribution in [3.05, 3.63) is 47.8 Å². The first-order valence-electron chi connectivity index (χ1n) is 13.2. The third-order valence-corrected chi connectivity index (χ3v) is 9.32. The highest BCUT2D eigenvalue weighted by atomic mass is 32.2. The number of hydrogen-bond acceptors (Lipinski definition) is 6. The van der Waals surface area contributed by atoms with Crippen molar-refractivity contribution in [3.63, 3.8) is 0 Å². The van der Waals surface area contributed by atoms with Crippen LogP contribution in [0.1, 0.15) is 43.6 Å². The Kier molecular flexibility index (Phi) is 7.68. The Morgan fingerprint density at radius 3 is 2.51 bits per heavy atom. The Morgan fingerprint density at radius 1 is 1.11 bits per heavy atom. The molecule has 0 bridgehead atoms. The molecule has 0 aliphatic carbocycles. The summed E-state index contributed by atoms with van der Waals surface area (Å²) in [5, 5.41) is 3.46. The van der Waals surface area contributed by atoms with Gasteiger partial charge in [0.2, 0.25) is 0 Å². The second kappa shape index (κ2) is 10.8. The first-order valence-corrected chi connectivity index (χ1v) is 15.1. The number of fused-ring (bicyclic) bond motifs is 1. The number of ether oxygens (including phenoxy) is 1. The normalized spacial score (nSPS) is 22.1. The summed E-state index contributed by atoms with van der Waals surface area (Å²) in [6.45, 7) is 3.81. The van der Waals surface area contributed by atoms with E-state index in [2.05, 4.69) is 15.2 Å². The quantitative estimate of drug-likeness (QED) is 0.497. The first-order chi connectivity index (χ1) is 17.8. The van der Waals surface area contributed by atoms with Gasteiger partial charge < -0.3 is 14.6 Å². The maximum absolute atomic E-state index is 16.0. The van der Waals surface area contributed by atoms with Gasteiger partial charge in [-0.1, -0.05) is 6.07 Å². The Balaban J connectivity index is 1.43. The zero-order valence-corrected chi connectivity index (χ0v) is 22.7. The molecule has 2 saturated heterocycles. The lowest BCUT2D eigenvalue weighted by atomic mass is 9.82. The zero-order valence-electron chi connectivity index (χ0n) is 21.9. The molecule has 37 heavy (non-hydrogen) atoms. The number of aromatic nitrogens is 2. The second-order valence-electron chi connectivity index (χ2n) is 10.5. The molecular weight excluding hydrogens is 491 g/mol. The molecule has 1 unspecified atom stereocenters. The lowest BCUT2D eigenvalue weighted by molar-refractivity contribution is 0.0463. The standard InChI is InChI=1S/C28H37FN4O3S/c1-32-25-9-8-24(20-12-16-33(21-10-14-30-15-11-21)22(18-20)13-17-36-2)26(29)27(25)31-28(32)19-4-6-23(7-5-19)37(3,34)35/h4-9,20-22,30H,10-18H2,1-3H3/t20?,22-/m0/s1. The van der Waals surface area contributed by atoms with Crippen LogP contribution in [0.4, 0.5) is 4.39 Å². The van der Waals surface area contributed by atoms with Gasteiger partial charge in [-0.3, -0.25) is 4.90 Å². The maximum atomic E-state index is 16.0. The fourth-order valence-corrected chi connectivity index (χ4v) is 6.81. The number of likely N-dealkylation sites (tertiary alicyclic amines) is 1. The van der Waals surface area contributed by atoms with E-state index in [1.807, 2.05) is 23.7 Å². The summed E-state index contributed by atoms with van der Waals surface area (Å²) in [7, 11) is 0.329. The predicted molar refractivity (Wildman–Crippen MR) is 144 cm³/mol. The fourth-order valence-electron chi connectivity index (χ4n) is 6.17. The number of rotatable bonds is 7. The molecule has 3 aromatic rings. The van der Waals surface area contributed by atoms with Crippen LogP contribution in [-0.4, -0.2) is 74.6 Å². The van der Waals surface area contributed by atoms with E-state index in [-0.39, 0.29) is 16.6 Å². The third kappa shape index (κ3) is 5.32. The maximum Gasteiger partial charge on any atom is 0.175 e. The Hall–Kier alpha value is -2.33. The number of benzene rings is 2. The van der Waals surface area contributed by atoms with Gasteiger partial charge in [0, 0.05) is 44.7 Å². The van der Waals surface area contributed by atoms with E-state index in [0.717, 1.165) is 68.4 Å².